The third kappa shape index (κ3) is 4.83. The SMILES string of the molecule is N#CCCN1C(=O)CC[C@H]1C(=O)N1CCC2(S(=O)(=O)c3cccc(F)c3)c3ccc(C(F)(C(F)(F)F)C(F)(F)F)nc3CCC12. The number of amides is 2. The Morgan fingerprint density at radius 1 is 1.04 bits per heavy atom. The Labute approximate surface area is 251 Å². The van der Waals surface area contributed by atoms with Crippen molar-refractivity contribution in [2.75, 3.05) is 13.1 Å². The fraction of sp³-hybridized carbons (Fsp3) is 0.500. The standard InChI is InChI=1S/C28H24F8N4O4S/c29-16-3-1-4-17(15-16)45(43,44)25-11-14-40(24(42)20-7-10-23(41)39(20)13-2-12-37)22(25)9-6-19-18(25)5-8-21(38-19)26(30,27(31,32)33)28(34,35)36/h1,3-5,8,15,20,22H,2,6-7,9-11,13-14H2/t20-,22?,25?/m0/s1. The maximum atomic E-state index is 14.9. The molecule has 1 aliphatic carbocycles. The van der Waals surface area contributed by atoms with Crippen LogP contribution < -0.4 is 0 Å². The molecule has 2 aliphatic heterocycles. The average Bonchev–Trinajstić information content (AvgIpc) is 3.55. The number of carbonyl (C=O) groups excluding carboxylic acids is 2. The van der Waals surface area contributed by atoms with Gasteiger partial charge in [-0.1, -0.05) is 12.1 Å². The van der Waals surface area contributed by atoms with E-state index < -0.39 is 91.4 Å². The number of hydrogen-bond donors (Lipinski definition) is 0. The number of alkyl halides is 7. The predicted molar refractivity (Wildman–Crippen MR) is 138 cm³/mol. The van der Waals surface area contributed by atoms with Gasteiger partial charge in [-0.25, -0.2) is 17.2 Å². The van der Waals surface area contributed by atoms with Crippen molar-refractivity contribution in [3.63, 3.8) is 0 Å². The lowest BCUT2D eigenvalue weighted by molar-refractivity contribution is -0.350. The first kappa shape index (κ1) is 32.6. The number of likely N-dealkylation sites (tertiary alicyclic amines) is 2. The van der Waals surface area contributed by atoms with Crippen molar-refractivity contribution < 1.29 is 53.1 Å². The Kier molecular flexibility index (Phi) is 7.90. The second-order valence-corrected chi connectivity index (χ2v) is 13.3. The normalized spacial score (nSPS) is 23.9. The van der Waals surface area contributed by atoms with Crippen molar-refractivity contribution in [1.29, 1.82) is 5.26 Å². The highest BCUT2D eigenvalue weighted by Crippen LogP contribution is 2.56. The Morgan fingerprint density at radius 3 is 2.36 bits per heavy atom. The van der Waals surface area contributed by atoms with Crippen LogP contribution in [0.25, 0.3) is 0 Å². The minimum atomic E-state index is -6.46. The molecule has 8 nitrogen and oxygen atoms in total. The number of pyridine rings is 1. The highest BCUT2D eigenvalue weighted by Gasteiger charge is 2.75. The molecule has 45 heavy (non-hydrogen) atoms. The van der Waals surface area contributed by atoms with E-state index >= 15 is 0 Å². The fourth-order valence-corrected chi connectivity index (χ4v) is 9.14. The molecule has 1 aromatic carbocycles. The number of benzene rings is 1. The van der Waals surface area contributed by atoms with Crippen LogP contribution in [-0.2, 0) is 36.3 Å². The second kappa shape index (κ2) is 10.9. The van der Waals surface area contributed by atoms with Crippen molar-refractivity contribution >= 4 is 21.7 Å². The van der Waals surface area contributed by atoms with E-state index in [1.165, 1.54) is 9.80 Å². The van der Waals surface area contributed by atoms with E-state index in [0.29, 0.717) is 12.1 Å². The van der Waals surface area contributed by atoms with Crippen LogP contribution in [0.5, 0.6) is 0 Å². The number of aromatic nitrogens is 1. The van der Waals surface area contributed by atoms with Crippen LogP contribution in [0.1, 0.15) is 49.1 Å². The van der Waals surface area contributed by atoms with Gasteiger partial charge in [-0.3, -0.25) is 14.6 Å². The van der Waals surface area contributed by atoms with Gasteiger partial charge in [0.05, 0.1) is 29.1 Å². The molecular formula is C28H24F8N4O4S. The van der Waals surface area contributed by atoms with E-state index in [1.807, 2.05) is 6.07 Å². The van der Waals surface area contributed by atoms with Crippen LogP contribution in [0.15, 0.2) is 41.3 Å². The second-order valence-electron chi connectivity index (χ2n) is 11.1. The number of carbonyl (C=O) groups is 2. The summed E-state index contributed by atoms with van der Waals surface area (Å²) in [7, 11) is -4.77. The number of nitrogens with zero attached hydrogens (tertiary/aromatic N) is 4. The van der Waals surface area contributed by atoms with Crippen molar-refractivity contribution in [3.8, 4) is 6.07 Å². The maximum Gasteiger partial charge on any atom is 0.437 e. The zero-order valence-corrected chi connectivity index (χ0v) is 23.9. The first-order valence-corrected chi connectivity index (χ1v) is 15.2. The molecule has 17 heteroatoms. The minimum Gasteiger partial charge on any atom is -0.336 e. The Balaban J connectivity index is 1.66. The van der Waals surface area contributed by atoms with Crippen molar-refractivity contribution in [2.45, 2.75) is 78.3 Å². The molecule has 1 aromatic heterocycles. The summed E-state index contributed by atoms with van der Waals surface area (Å²) in [6, 6.07) is 4.18. The maximum absolute atomic E-state index is 14.9. The van der Waals surface area contributed by atoms with E-state index in [0.717, 1.165) is 18.2 Å². The Hall–Kier alpha value is -3.81. The van der Waals surface area contributed by atoms with E-state index in [-0.39, 0.29) is 50.4 Å². The largest absolute Gasteiger partial charge is 0.437 e. The Morgan fingerprint density at radius 2 is 1.73 bits per heavy atom. The molecule has 2 fully saturated rings. The van der Waals surface area contributed by atoms with Crippen LogP contribution in [0, 0.1) is 17.1 Å². The average molecular weight is 665 g/mol. The first-order chi connectivity index (χ1) is 20.9. The molecule has 2 aromatic rings. The lowest BCUT2D eigenvalue weighted by Gasteiger charge is -2.43. The number of nitriles is 1. The lowest BCUT2D eigenvalue weighted by Crippen LogP contribution is -2.56. The first-order valence-electron chi connectivity index (χ1n) is 13.7. The molecule has 242 valence electrons. The van der Waals surface area contributed by atoms with Crippen LogP contribution >= 0.6 is 0 Å². The van der Waals surface area contributed by atoms with Crippen molar-refractivity contribution in [2.24, 2.45) is 0 Å². The number of sulfone groups is 1. The molecular weight excluding hydrogens is 640 g/mol. The molecule has 2 amide bonds. The summed E-state index contributed by atoms with van der Waals surface area (Å²) in [5, 5.41) is 8.98. The number of rotatable bonds is 6. The monoisotopic (exact) mass is 664 g/mol. The number of hydrogen-bond acceptors (Lipinski definition) is 6. The molecule has 0 radical (unpaired) electrons. The third-order valence-electron chi connectivity index (χ3n) is 8.80. The van der Waals surface area contributed by atoms with Gasteiger partial charge >= 0.3 is 18.0 Å². The van der Waals surface area contributed by atoms with E-state index in [1.54, 1.807) is 0 Å². The zero-order chi connectivity index (χ0) is 33.2. The smallest absolute Gasteiger partial charge is 0.336 e. The molecule has 3 heterocycles. The van der Waals surface area contributed by atoms with E-state index in [4.69, 9.17) is 5.26 Å². The zero-order valence-electron chi connectivity index (χ0n) is 23.1. The summed E-state index contributed by atoms with van der Waals surface area (Å²) in [4.78, 5) is 31.6. The predicted octanol–water partition coefficient (Wildman–Crippen LogP) is 4.63. The van der Waals surface area contributed by atoms with Crippen LogP contribution in [-0.4, -0.2) is 72.5 Å². The van der Waals surface area contributed by atoms with Gasteiger partial charge in [-0.05, 0) is 55.5 Å². The molecule has 0 bridgehead atoms. The van der Waals surface area contributed by atoms with Gasteiger partial charge in [-0.15, -0.1) is 0 Å². The highest BCUT2D eigenvalue weighted by atomic mass is 32.2. The molecule has 3 atom stereocenters. The number of halogens is 8. The van der Waals surface area contributed by atoms with Gasteiger partial charge in [0.15, 0.2) is 9.84 Å². The van der Waals surface area contributed by atoms with Gasteiger partial charge in [0.25, 0.3) is 0 Å². The summed E-state index contributed by atoms with van der Waals surface area (Å²) in [6.07, 6.45) is -14.1. The quantitative estimate of drug-likeness (QED) is 0.417. The summed E-state index contributed by atoms with van der Waals surface area (Å²) < 4.78 is 137. The molecule has 2 unspecified atom stereocenters. The highest BCUT2D eigenvalue weighted by molar-refractivity contribution is 7.92. The number of aryl methyl sites for hydroxylation is 1. The lowest BCUT2D eigenvalue weighted by atomic mass is 9.80. The van der Waals surface area contributed by atoms with Crippen molar-refractivity contribution in [1.82, 2.24) is 14.8 Å². The van der Waals surface area contributed by atoms with E-state index in [2.05, 4.69) is 4.98 Å². The topological polar surface area (TPSA) is 111 Å². The molecule has 3 aliphatic rings. The number of fused-ring (bicyclic) bond motifs is 3. The Bertz CT molecular complexity index is 1680. The summed E-state index contributed by atoms with van der Waals surface area (Å²) >= 11 is 0. The molecule has 5 rings (SSSR count). The van der Waals surface area contributed by atoms with Gasteiger partial charge in [0, 0.05) is 25.2 Å². The molecule has 0 spiro atoms. The third-order valence-corrected chi connectivity index (χ3v) is 11.3. The van der Waals surface area contributed by atoms with Gasteiger partial charge in [0.2, 0.25) is 11.8 Å². The van der Waals surface area contributed by atoms with Gasteiger partial charge < -0.3 is 9.80 Å². The van der Waals surface area contributed by atoms with E-state index in [9.17, 15) is 53.1 Å². The fourth-order valence-electron chi connectivity index (χ4n) is 6.76. The molecule has 0 N–H and O–H groups in total. The summed E-state index contributed by atoms with van der Waals surface area (Å²) in [6.45, 7) is -0.315. The minimum absolute atomic E-state index is 0.00794. The van der Waals surface area contributed by atoms with Crippen LogP contribution in [0.2, 0.25) is 0 Å². The van der Waals surface area contributed by atoms with Crippen molar-refractivity contribution in [3.05, 3.63) is 59.2 Å². The van der Waals surface area contributed by atoms with Crippen LogP contribution in [0.4, 0.5) is 35.1 Å². The summed E-state index contributed by atoms with van der Waals surface area (Å²) in [5.74, 6) is -1.99. The van der Waals surface area contributed by atoms with Crippen LogP contribution in [0.3, 0.4) is 0 Å². The summed E-state index contributed by atoms with van der Waals surface area (Å²) in [5.41, 5.74) is -8.76. The van der Waals surface area contributed by atoms with Gasteiger partial charge in [0.1, 0.15) is 16.6 Å². The molecule has 2 saturated heterocycles. The van der Waals surface area contributed by atoms with Gasteiger partial charge in [-0.2, -0.15) is 31.6 Å². The molecule has 0 saturated carbocycles.